The van der Waals surface area contributed by atoms with Crippen LogP contribution in [0.4, 0.5) is 0 Å². The van der Waals surface area contributed by atoms with Crippen molar-refractivity contribution < 1.29 is 9.53 Å². The molecule has 76 valence electrons. The van der Waals surface area contributed by atoms with Crippen LogP contribution in [0.15, 0.2) is 0 Å². The van der Waals surface area contributed by atoms with E-state index < -0.39 is 0 Å². The van der Waals surface area contributed by atoms with Gasteiger partial charge in [-0.2, -0.15) is 0 Å². The van der Waals surface area contributed by atoms with Crippen LogP contribution < -0.4 is 0 Å². The molecule has 1 aliphatic heterocycles. The summed E-state index contributed by atoms with van der Waals surface area (Å²) < 4.78 is 5.22. The fraction of sp³-hybridized carbons (Fsp3) is 0.900. The molecule has 0 N–H and O–H groups in total. The number of carbonyl (C=O) groups excluding carboxylic acids is 1. The molecule has 0 aromatic heterocycles. The zero-order valence-electron chi connectivity index (χ0n) is 8.42. The van der Waals surface area contributed by atoms with Gasteiger partial charge in [-0.05, 0) is 26.2 Å². The van der Waals surface area contributed by atoms with Crippen LogP contribution in [0.3, 0.4) is 0 Å². The first kappa shape index (κ1) is 10.5. The zero-order chi connectivity index (χ0) is 9.52. The highest BCUT2D eigenvalue weighted by atomic mass is 16.5. The maximum Gasteiger partial charge on any atom is 0.222 e. The maximum atomic E-state index is 11.3. The molecule has 0 aromatic carbocycles. The van der Waals surface area contributed by atoms with E-state index in [0.29, 0.717) is 5.91 Å². The van der Waals surface area contributed by atoms with E-state index >= 15 is 0 Å². The number of hydrogen-bond donors (Lipinski definition) is 0. The highest BCUT2D eigenvalue weighted by molar-refractivity contribution is 5.76. The third-order valence-electron chi connectivity index (χ3n) is 2.34. The molecule has 13 heavy (non-hydrogen) atoms. The number of hydrogen-bond acceptors (Lipinski definition) is 2. The Morgan fingerprint density at radius 2 is 2.31 bits per heavy atom. The van der Waals surface area contributed by atoms with Crippen LogP contribution in [0, 0.1) is 0 Å². The summed E-state index contributed by atoms with van der Waals surface area (Å²) in [6.07, 6.45) is 3.95. The second-order valence-corrected chi connectivity index (χ2v) is 3.39. The maximum absolute atomic E-state index is 11.3. The van der Waals surface area contributed by atoms with E-state index in [9.17, 15) is 4.79 Å². The second-order valence-electron chi connectivity index (χ2n) is 3.39. The Morgan fingerprint density at radius 1 is 1.46 bits per heavy atom. The minimum atomic E-state index is 0.322. The summed E-state index contributed by atoms with van der Waals surface area (Å²) >= 11 is 0. The summed E-state index contributed by atoms with van der Waals surface area (Å²) in [4.78, 5) is 13.3. The standard InChI is InChI=1S/C10H19NO2/c1-2-13-9-5-8-11-7-4-3-6-10(11)12/h2-9H2,1H3. The first-order valence-electron chi connectivity index (χ1n) is 5.20. The van der Waals surface area contributed by atoms with Gasteiger partial charge in [-0.25, -0.2) is 0 Å². The molecular weight excluding hydrogens is 166 g/mol. The fourth-order valence-electron chi connectivity index (χ4n) is 1.60. The lowest BCUT2D eigenvalue weighted by atomic mass is 10.1. The molecule has 1 fully saturated rings. The van der Waals surface area contributed by atoms with E-state index in [0.717, 1.165) is 45.6 Å². The lowest BCUT2D eigenvalue weighted by Gasteiger charge is -2.26. The number of ether oxygens (including phenoxy) is 1. The molecule has 1 amide bonds. The molecule has 0 spiro atoms. The summed E-state index contributed by atoms with van der Waals surface area (Å²) in [5.74, 6) is 0.322. The van der Waals surface area contributed by atoms with E-state index in [1.165, 1.54) is 6.42 Å². The molecule has 0 bridgehead atoms. The van der Waals surface area contributed by atoms with Crippen molar-refractivity contribution in [1.82, 2.24) is 4.90 Å². The molecule has 1 heterocycles. The topological polar surface area (TPSA) is 29.5 Å². The first-order valence-corrected chi connectivity index (χ1v) is 5.20. The quantitative estimate of drug-likeness (QED) is 0.606. The van der Waals surface area contributed by atoms with Crippen molar-refractivity contribution in [1.29, 1.82) is 0 Å². The number of amides is 1. The van der Waals surface area contributed by atoms with Gasteiger partial charge < -0.3 is 9.64 Å². The van der Waals surface area contributed by atoms with Gasteiger partial charge in [-0.15, -0.1) is 0 Å². The van der Waals surface area contributed by atoms with Gasteiger partial charge in [-0.3, -0.25) is 4.79 Å². The van der Waals surface area contributed by atoms with Crippen molar-refractivity contribution in [2.45, 2.75) is 32.6 Å². The zero-order valence-corrected chi connectivity index (χ0v) is 8.42. The third kappa shape index (κ3) is 3.77. The highest BCUT2D eigenvalue weighted by Crippen LogP contribution is 2.10. The average Bonchev–Trinajstić information content (AvgIpc) is 2.15. The molecule has 1 saturated heterocycles. The van der Waals surface area contributed by atoms with Crippen LogP contribution in [0.2, 0.25) is 0 Å². The Balaban J connectivity index is 2.08. The largest absolute Gasteiger partial charge is 0.382 e. The van der Waals surface area contributed by atoms with Gasteiger partial charge in [0.2, 0.25) is 5.91 Å². The monoisotopic (exact) mass is 185 g/mol. The summed E-state index contributed by atoms with van der Waals surface area (Å²) in [6, 6.07) is 0. The van der Waals surface area contributed by atoms with Crippen molar-refractivity contribution >= 4 is 5.91 Å². The first-order chi connectivity index (χ1) is 6.34. The Morgan fingerprint density at radius 3 is 3.00 bits per heavy atom. The lowest BCUT2D eigenvalue weighted by molar-refractivity contribution is -0.133. The van der Waals surface area contributed by atoms with Crippen molar-refractivity contribution in [2.75, 3.05) is 26.3 Å². The van der Waals surface area contributed by atoms with E-state index in [4.69, 9.17) is 4.74 Å². The molecule has 1 rings (SSSR count). The number of piperidine rings is 1. The molecule has 0 atom stereocenters. The van der Waals surface area contributed by atoms with Crippen LogP contribution in [0.5, 0.6) is 0 Å². The van der Waals surface area contributed by atoms with Crippen LogP contribution in [0.1, 0.15) is 32.6 Å². The van der Waals surface area contributed by atoms with E-state index in [2.05, 4.69) is 0 Å². The fourth-order valence-corrected chi connectivity index (χ4v) is 1.60. The minimum Gasteiger partial charge on any atom is -0.382 e. The van der Waals surface area contributed by atoms with Gasteiger partial charge >= 0.3 is 0 Å². The number of rotatable bonds is 5. The molecule has 1 aliphatic rings. The van der Waals surface area contributed by atoms with Gasteiger partial charge in [0.05, 0.1) is 0 Å². The van der Waals surface area contributed by atoms with Gasteiger partial charge in [0.1, 0.15) is 0 Å². The molecule has 0 unspecified atom stereocenters. The summed E-state index contributed by atoms with van der Waals surface area (Å²) in [5.41, 5.74) is 0. The third-order valence-corrected chi connectivity index (χ3v) is 2.34. The smallest absolute Gasteiger partial charge is 0.222 e. The molecule has 0 saturated carbocycles. The SMILES string of the molecule is CCOCCCN1CCCCC1=O. The molecule has 3 heteroatoms. The Bertz CT molecular complexity index is 159. The van der Waals surface area contributed by atoms with E-state index in [-0.39, 0.29) is 0 Å². The van der Waals surface area contributed by atoms with Crippen molar-refractivity contribution in [3.05, 3.63) is 0 Å². The van der Waals surface area contributed by atoms with Crippen LogP contribution in [0.25, 0.3) is 0 Å². The number of carbonyl (C=O) groups is 1. The average molecular weight is 185 g/mol. The van der Waals surface area contributed by atoms with Gasteiger partial charge in [-0.1, -0.05) is 0 Å². The minimum absolute atomic E-state index is 0.322. The summed E-state index contributed by atoms with van der Waals surface area (Å²) in [6.45, 7) is 5.37. The molecule has 0 aliphatic carbocycles. The van der Waals surface area contributed by atoms with Crippen LogP contribution >= 0.6 is 0 Å². The van der Waals surface area contributed by atoms with Crippen LogP contribution in [-0.4, -0.2) is 37.1 Å². The Kier molecular flexibility index (Phi) is 4.83. The lowest BCUT2D eigenvalue weighted by Crippen LogP contribution is -2.36. The van der Waals surface area contributed by atoms with Crippen molar-refractivity contribution in [3.63, 3.8) is 0 Å². The molecule has 0 aromatic rings. The van der Waals surface area contributed by atoms with Crippen molar-refractivity contribution in [3.8, 4) is 0 Å². The van der Waals surface area contributed by atoms with Crippen LogP contribution in [-0.2, 0) is 9.53 Å². The van der Waals surface area contributed by atoms with Gasteiger partial charge in [0.25, 0.3) is 0 Å². The van der Waals surface area contributed by atoms with Crippen molar-refractivity contribution in [2.24, 2.45) is 0 Å². The molecular formula is C10H19NO2. The van der Waals surface area contributed by atoms with E-state index in [1.54, 1.807) is 0 Å². The summed E-state index contributed by atoms with van der Waals surface area (Å²) in [7, 11) is 0. The van der Waals surface area contributed by atoms with E-state index in [1.807, 2.05) is 11.8 Å². The predicted octanol–water partition coefficient (Wildman–Crippen LogP) is 1.43. The highest BCUT2D eigenvalue weighted by Gasteiger charge is 2.16. The molecule has 3 nitrogen and oxygen atoms in total. The Hall–Kier alpha value is -0.570. The Labute approximate surface area is 80.1 Å². The van der Waals surface area contributed by atoms with Gasteiger partial charge in [0, 0.05) is 32.7 Å². The van der Waals surface area contributed by atoms with Gasteiger partial charge in [0.15, 0.2) is 0 Å². The molecule has 0 radical (unpaired) electrons. The number of nitrogens with zero attached hydrogens (tertiary/aromatic N) is 1. The predicted molar refractivity (Wildman–Crippen MR) is 51.5 cm³/mol. The second kappa shape index (κ2) is 5.97. The number of likely N-dealkylation sites (tertiary alicyclic amines) is 1. The summed E-state index contributed by atoms with van der Waals surface area (Å²) in [5, 5.41) is 0. The normalized spacial score (nSPS) is 17.9.